The Balaban J connectivity index is 1.50. The summed E-state index contributed by atoms with van der Waals surface area (Å²) in [5.74, 6) is 1.81. The summed E-state index contributed by atoms with van der Waals surface area (Å²) in [6.07, 6.45) is 0.988. The highest BCUT2D eigenvalue weighted by molar-refractivity contribution is 5.86. The summed E-state index contributed by atoms with van der Waals surface area (Å²) in [6, 6.07) is 23.1. The number of hydrogen-bond donors (Lipinski definition) is 2. The van der Waals surface area contributed by atoms with E-state index in [1.807, 2.05) is 24.3 Å². The van der Waals surface area contributed by atoms with Crippen LogP contribution in [-0.2, 0) is 13.0 Å². The van der Waals surface area contributed by atoms with Crippen molar-refractivity contribution in [2.75, 3.05) is 13.7 Å². The molecule has 5 rings (SSSR count). The highest BCUT2D eigenvalue weighted by Crippen LogP contribution is 2.38. The summed E-state index contributed by atoms with van der Waals surface area (Å²) in [7, 11) is 1.74. The topological polar surface area (TPSA) is 46.3 Å². The SMILES string of the molecule is COc1ccc(C)cc1C1NCCc2c1[nH]c1ccc(OCc3ccccc3)cc21. The molecule has 0 radical (unpaired) electrons. The minimum Gasteiger partial charge on any atom is -0.496 e. The highest BCUT2D eigenvalue weighted by atomic mass is 16.5. The zero-order valence-electron chi connectivity index (χ0n) is 17.4. The molecule has 0 spiro atoms. The molecular weight excluding hydrogens is 372 g/mol. The quantitative estimate of drug-likeness (QED) is 0.480. The third-order valence-corrected chi connectivity index (χ3v) is 5.87. The van der Waals surface area contributed by atoms with Gasteiger partial charge >= 0.3 is 0 Å². The monoisotopic (exact) mass is 398 g/mol. The van der Waals surface area contributed by atoms with E-state index in [0.717, 1.165) is 30.0 Å². The van der Waals surface area contributed by atoms with Gasteiger partial charge in [-0.15, -0.1) is 0 Å². The van der Waals surface area contributed by atoms with Crippen LogP contribution in [-0.4, -0.2) is 18.6 Å². The van der Waals surface area contributed by atoms with Crippen molar-refractivity contribution in [3.05, 3.63) is 94.7 Å². The first-order valence-corrected chi connectivity index (χ1v) is 10.4. The van der Waals surface area contributed by atoms with E-state index in [1.54, 1.807) is 7.11 Å². The average Bonchev–Trinajstić information content (AvgIpc) is 3.16. The van der Waals surface area contributed by atoms with Crippen molar-refractivity contribution in [1.82, 2.24) is 10.3 Å². The van der Waals surface area contributed by atoms with Crippen molar-refractivity contribution in [2.45, 2.75) is 26.0 Å². The third-order valence-electron chi connectivity index (χ3n) is 5.87. The standard InChI is InChI=1S/C26H26N2O2/c1-17-8-11-24(29-2)22(14-17)25-26-20(12-13-27-25)21-15-19(9-10-23(21)28-26)30-16-18-6-4-3-5-7-18/h3-11,14-15,25,27-28H,12-13,16H2,1-2H3. The van der Waals surface area contributed by atoms with Crippen molar-refractivity contribution >= 4 is 10.9 Å². The second-order valence-corrected chi connectivity index (χ2v) is 7.88. The van der Waals surface area contributed by atoms with Gasteiger partial charge < -0.3 is 19.8 Å². The molecule has 0 aliphatic carbocycles. The predicted octanol–water partition coefficient (Wildman–Crippen LogP) is 5.30. The van der Waals surface area contributed by atoms with Crippen molar-refractivity contribution in [3.63, 3.8) is 0 Å². The van der Waals surface area contributed by atoms with Crippen molar-refractivity contribution in [1.29, 1.82) is 0 Å². The Hall–Kier alpha value is -3.24. The van der Waals surface area contributed by atoms with Crippen LogP contribution in [0.25, 0.3) is 10.9 Å². The number of rotatable bonds is 5. The maximum Gasteiger partial charge on any atom is 0.124 e. The summed E-state index contributed by atoms with van der Waals surface area (Å²) in [6.45, 7) is 3.62. The van der Waals surface area contributed by atoms with E-state index in [-0.39, 0.29) is 6.04 Å². The molecule has 2 heterocycles. The van der Waals surface area contributed by atoms with Crippen LogP contribution in [0, 0.1) is 6.92 Å². The van der Waals surface area contributed by atoms with E-state index >= 15 is 0 Å². The smallest absolute Gasteiger partial charge is 0.124 e. The molecule has 0 saturated carbocycles. The number of methoxy groups -OCH3 is 1. The lowest BCUT2D eigenvalue weighted by Gasteiger charge is -2.26. The fourth-order valence-electron chi connectivity index (χ4n) is 4.38. The minimum absolute atomic E-state index is 0.0877. The average molecular weight is 399 g/mol. The number of fused-ring (bicyclic) bond motifs is 3. The molecule has 3 aromatic carbocycles. The molecule has 0 amide bonds. The molecule has 4 heteroatoms. The Morgan fingerprint density at radius 2 is 1.87 bits per heavy atom. The number of benzene rings is 3. The number of H-pyrrole nitrogens is 1. The third kappa shape index (κ3) is 3.44. The normalized spacial score (nSPS) is 15.7. The largest absolute Gasteiger partial charge is 0.496 e. The van der Waals surface area contributed by atoms with Crippen molar-refractivity contribution in [2.24, 2.45) is 0 Å². The number of ether oxygens (including phenoxy) is 2. The molecule has 0 bridgehead atoms. The fraction of sp³-hybridized carbons (Fsp3) is 0.231. The summed E-state index contributed by atoms with van der Waals surface area (Å²) in [5, 5.41) is 4.92. The van der Waals surface area contributed by atoms with Gasteiger partial charge in [0.05, 0.1) is 13.2 Å². The van der Waals surface area contributed by atoms with Crippen LogP contribution in [0.5, 0.6) is 11.5 Å². The summed E-state index contributed by atoms with van der Waals surface area (Å²) in [5.41, 5.74) is 7.30. The molecule has 30 heavy (non-hydrogen) atoms. The molecule has 0 fully saturated rings. The molecule has 1 unspecified atom stereocenters. The molecular formula is C26H26N2O2. The van der Waals surface area contributed by atoms with Crippen molar-refractivity contribution in [3.8, 4) is 11.5 Å². The van der Waals surface area contributed by atoms with Gasteiger partial charge in [0.15, 0.2) is 0 Å². The van der Waals surface area contributed by atoms with Crippen LogP contribution in [0.1, 0.15) is 34.0 Å². The Bertz CT molecular complexity index is 1180. The molecule has 152 valence electrons. The Kier molecular flexibility index (Phi) is 4.93. The summed E-state index contributed by atoms with van der Waals surface area (Å²) < 4.78 is 11.7. The van der Waals surface area contributed by atoms with E-state index < -0.39 is 0 Å². The molecule has 4 aromatic rings. The predicted molar refractivity (Wildman–Crippen MR) is 120 cm³/mol. The highest BCUT2D eigenvalue weighted by Gasteiger charge is 2.27. The van der Waals surface area contributed by atoms with E-state index in [1.165, 1.54) is 33.3 Å². The molecule has 0 saturated heterocycles. The van der Waals surface area contributed by atoms with Gasteiger partial charge in [-0.25, -0.2) is 0 Å². The van der Waals surface area contributed by atoms with Crippen LogP contribution < -0.4 is 14.8 Å². The van der Waals surface area contributed by atoms with Gasteiger partial charge in [0.2, 0.25) is 0 Å². The van der Waals surface area contributed by atoms with Crippen LogP contribution in [0.2, 0.25) is 0 Å². The van der Waals surface area contributed by atoms with E-state index in [9.17, 15) is 0 Å². The van der Waals surface area contributed by atoms with E-state index in [2.05, 4.69) is 59.7 Å². The molecule has 1 atom stereocenters. The Morgan fingerprint density at radius 3 is 2.70 bits per heavy atom. The lowest BCUT2D eigenvalue weighted by Crippen LogP contribution is -2.30. The molecule has 1 aliphatic heterocycles. The van der Waals surface area contributed by atoms with Gasteiger partial charge in [0.25, 0.3) is 0 Å². The molecule has 4 nitrogen and oxygen atoms in total. The zero-order valence-corrected chi connectivity index (χ0v) is 17.4. The van der Waals surface area contributed by atoms with Crippen molar-refractivity contribution < 1.29 is 9.47 Å². The maximum atomic E-state index is 6.07. The summed E-state index contributed by atoms with van der Waals surface area (Å²) >= 11 is 0. The van der Waals surface area contributed by atoms with Gasteiger partial charge in [-0.05, 0) is 48.7 Å². The van der Waals surface area contributed by atoms with Gasteiger partial charge in [-0.3, -0.25) is 0 Å². The first-order valence-electron chi connectivity index (χ1n) is 10.4. The lowest BCUT2D eigenvalue weighted by atomic mass is 9.93. The minimum atomic E-state index is 0.0877. The second kappa shape index (κ2) is 7.88. The summed E-state index contributed by atoms with van der Waals surface area (Å²) in [4.78, 5) is 3.66. The van der Waals surface area contributed by atoms with Gasteiger partial charge in [0.1, 0.15) is 18.1 Å². The number of aryl methyl sites for hydroxylation is 1. The van der Waals surface area contributed by atoms with Crippen LogP contribution in [0.4, 0.5) is 0 Å². The van der Waals surface area contributed by atoms with E-state index in [4.69, 9.17) is 9.47 Å². The van der Waals surface area contributed by atoms with Gasteiger partial charge in [-0.2, -0.15) is 0 Å². The Morgan fingerprint density at radius 1 is 1.00 bits per heavy atom. The first-order chi connectivity index (χ1) is 14.7. The molecule has 1 aromatic heterocycles. The number of aromatic amines is 1. The van der Waals surface area contributed by atoms with Gasteiger partial charge in [0, 0.05) is 28.7 Å². The Labute approximate surface area is 176 Å². The lowest BCUT2D eigenvalue weighted by molar-refractivity contribution is 0.306. The zero-order chi connectivity index (χ0) is 20.5. The first kappa shape index (κ1) is 18.8. The van der Waals surface area contributed by atoms with Crippen LogP contribution in [0.3, 0.4) is 0 Å². The fourth-order valence-corrected chi connectivity index (χ4v) is 4.38. The number of hydrogen-bond acceptors (Lipinski definition) is 3. The molecule has 2 N–H and O–H groups in total. The second-order valence-electron chi connectivity index (χ2n) is 7.88. The number of aromatic nitrogens is 1. The molecule has 1 aliphatic rings. The van der Waals surface area contributed by atoms with E-state index in [0.29, 0.717) is 6.61 Å². The van der Waals surface area contributed by atoms with Gasteiger partial charge in [-0.1, -0.05) is 48.0 Å². The number of nitrogens with one attached hydrogen (secondary N) is 2. The maximum absolute atomic E-state index is 6.07. The van der Waals surface area contributed by atoms with Crippen LogP contribution in [0.15, 0.2) is 66.7 Å². The van der Waals surface area contributed by atoms with Crippen LogP contribution >= 0.6 is 0 Å².